The summed E-state index contributed by atoms with van der Waals surface area (Å²) in [5, 5.41) is 11.6. The third-order valence-corrected chi connectivity index (χ3v) is 4.32. The summed E-state index contributed by atoms with van der Waals surface area (Å²) in [6.07, 6.45) is 4.15. The molecule has 1 fully saturated rings. The van der Waals surface area contributed by atoms with E-state index >= 15 is 0 Å². The van der Waals surface area contributed by atoms with Gasteiger partial charge in [0, 0.05) is 23.6 Å². The quantitative estimate of drug-likeness (QED) is 0.838. The number of carbonyl (C=O) groups is 2. The number of rotatable bonds is 4. The van der Waals surface area contributed by atoms with Crippen molar-refractivity contribution in [2.75, 3.05) is 6.61 Å². The molecule has 0 bridgehead atoms. The van der Waals surface area contributed by atoms with E-state index in [2.05, 4.69) is 5.32 Å². The maximum Gasteiger partial charge on any atom is 0.328 e. The molecule has 1 amide bonds. The number of amides is 1. The van der Waals surface area contributed by atoms with Gasteiger partial charge in [-0.05, 0) is 44.9 Å². The Morgan fingerprint density at radius 1 is 1.48 bits per heavy atom. The molecule has 0 aromatic carbocycles. The van der Waals surface area contributed by atoms with Crippen molar-refractivity contribution in [3.05, 3.63) is 28.0 Å². The van der Waals surface area contributed by atoms with Gasteiger partial charge in [0.1, 0.15) is 0 Å². The predicted molar refractivity (Wildman–Crippen MR) is 81.5 cm³/mol. The molecule has 1 aromatic rings. The number of carbonyl (C=O) groups excluding carboxylic acids is 1. The van der Waals surface area contributed by atoms with Gasteiger partial charge in [-0.3, -0.25) is 4.79 Å². The standard InChI is InChI=1S/C15H19NO4S/c1-15(2)9-10(7-8-20-15)16-14(19)12-5-3-11(21-12)4-6-13(17)18/h3-6,10H,7-9H2,1-2H3,(H,16,19)(H,17,18)/b6-4+. The molecule has 1 aliphatic heterocycles. The highest BCUT2D eigenvalue weighted by Gasteiger charge is 2.29. The van der Waals surface area contributed by atoms with Crippen molar-refractivity contribution in [1.82, 2.24) is 5.32 Å². The topological polar surface area (TPSA) is 75.6 Å². The normalized spacial score (nSPS) is 21.3. The molecular weight excluding hydrogens is 290 g/mol. The van der Waals surface area contributed by atoms with Crippen LogP contribution >= 0.6 is 11.3 Å². The summed E-state index contributed by atoms with van der Waals surface area (Å²) in [7, 11) is 0. The number of hydrogen-bond acceptors (Lipinski definition) is 4. The molecule has 21 heavy (non-hydrogen) atoms. The Morgan fingerprint density at radius 3 is 2.90 bits per heavy atom. The second-order valence-corrected chi connectivity index (χ2v) is 6.76. The molecule has 1 atom stereocenters. The minimum absolute atomic E-state index is 0.112. The fourth-order valence-electron chi connectivity index (χ4n) is 2.33. The molecule has 2 N–H and O–H groups in total. The Hall–Kier alpha value is -1.66. The van der Waals surface area contributed by atoms with Gasteiger partial charge in [0.15, 0.2) is 0 Å². The molecule has 1 aliphatic rings. The van der Waals surface area contributed by atoms with Crippen LogP contribution in [0.1, 0.15) is 41.2 Å². The van der Waals surface area contributed by atoms with Gasteiger partial charge in [-0.1, -0.05) is 0 Å². The second kappa shape index (κ2) is 6.41. The van der Waals surface area contributed by atoms with Gasteiger partial charge in [-0.25, -0.2) is 4.79 Å². The summed E-state index contributed by atoms with van der Waals surface area (Å²) in [6.45, 7) is 4.69. The molecule has 1 aromatic heterocycles. The van der Waals surface area contributed by atoms with Crippen LogP contribution in [0, 0.1) is 0 Å². The molecule has 2 heterocycles. The molecular formula is C15H19NO4S. The summed E-state index contributed by atoms with van der Waals surface area (Å²) >= 11 is 1.28. The van der Waals surface area contributed by atoms with Gasteiger partial charge in [-0.2, -0.15) is 0 Å². The summed E-state index contributed by atoms with van der Waals surface area (Å²) in [5.74, 6) is -1.11. The number of carboxylic acid groups (broad SMARTS) is 1. The van der Waals surface area contributed by atoms with Gasteiger partial charge in [0.2, 0.25) is 0 Å². The predicted octanol–water partition coefficient (Wildman–Crippen LogP) is 2.53. The summed E-state index contributed by atoms with van der Waals surface area (Å²) in [6, 6.07) is 3.57. The van der Waals surface area contributed by atoms with Gasteiger partial charge >= 0.3 is 5.97 Å². The van der Waals surface area contributed by atoms with Crippen LogP contribution in [0.4, 0.5) is 0 Å². The number of carboxylic acids is 1. The minimum Gasteiger partial charge on any atom is -0.478 e. The SMILES string of the molecule is CC1(C)CC(NC(=O)c2ccc(/C=C/C(=O)O)s2)CCO1. The molecule has 0 saturated carbocycles. The number of thiophene rings is 1. The van der Waals surface area contributed by atoms with Crippen LogP contribution in [0.3, 0.4) is 0 Å². The van der Waals surface area contributed by atoms with E-state index in [0.717, 1.165) is 23.8 Å². The van der Waals surface area contributed by atoms with Crippen molar-refractivity contribution < 1.29 is 19.4 Å². The molecule has 114 valence electrons. The van der Waals surface area contributed by atoms with Crippen LogP contribution in [-0.4, -0.2) is 35.2 Å². The van der Waals surface area contributed by atoms with E-state index in [1.54, 1.807) is 12.1 Å². The molecule has 0 aliphatic carbocycles. The molecule has 0 spiro atoms. The van der Waals surface area contributed by atoms with Crippen LogP contribution in [-0.2, 0) is 9.53 Å². The average molecular weight is 309 g/mol. The fourth-order valence-corrected chi connectivity index (χ4v) is 3.14. The Morgan fingerprint density at radius 2 is 2.24 bits per heavy atom. The van der Waals surface area contributed by atoms with E-state index in [1.165, 1.54) is 17.4 Å². The molecule has 0 radical (unpaired) electrons. The van der Waals surface area contributed by atoms with E-state index in [-0.39, 0.29) is 17.6 Å². The largest absolute Gasteiger partial charge is 0.478 e. The van der Waals surface area contributed by atoms with E-state index in [1.807, 2.05) is 13.8 Å². The summed E-state index contributed by atoms with van der Waals surface area (Å²) < 4.78 is 5.63. The smallest absolute Gasteiger partial charge is 0.328 e. The van der Waals surface area contributed by atoms with Gasteiger partial charge in [0.25, 0.3) is 5.91 Å². The first-order valence-corrected chi connectivity index (χ1v) is 7.63. The second-order valence-electron chi connectivity index (χ2n) is 5.64. The summed E-state index contributed by atoms with van der Waals surface area (Å²) in [5.41, 5.74) is -0.207. The third kappa shape index (κ3) is 4.68. The van der Waals surface area contributed by atoms with Crippen LogP contribution in [0.25, 0.3) is 6.08 Å². The van der Waals surface area contributed by atoms with Gasteiger partial charge < -0.3 is 15.2 Å². The number of nitrogens with one attached hydrogen (secondary N) is 1. The maximum absolute atomic E-state index is 12.2. The highest BCUT2D eigenvalue weighted by Crippen LogP contribution is 2.25. The average Bonchev–Trinajstić information content (AvgIpc) is 2.84. The van der Waals surface area contributed by atoms with E-state index in [0.29, 0.717) is 11.5 Å². The zero-order chi connectivity index (χ0) is 15.5. The zero-order valence-electron chi connectivity index (χ0n) is 12.1. The first-order chi connectivity index (χ1) is 9.85. The lowest BCUT2D eigenvalue weighted by Gasteiger charge is -2.35. The van der Waals surface area contributed by atoms with Gasteiger partial charge in [0.05, 0.1) is 10.5 Å². The molecule has 6 heteroatoms. The first-order valence-electron chi connectivity index (χ1n) is 6.81. The van der Waals surface area contributed by atoms with Crippen molar-refractivity contribution in [2.24, 2.45) is 0 Å². The van der Waals surface area contributed by atoms with Crippen molar-refractivity contribution in [1.29, 1.82) is 0 Å². The fraction of sp³-hybridized carbons (Fsp3) is 0.467. The maximum atomic E-state index is 12.2. The van der Waals surface area contributed by atoms with Gasteiger partial charge in [-0.15, -0.1) is 11.3 Å². The lowest BCUT2D eigenvalue weighted by Crippen LogP contribution is -2.45. The Labute approximate surface area is 127 Å². The third-order valence-electron chi connectivity index (χ3n) is 3.27. The molecule has 5 nitrogen and oxygen atoms in total. The minimum atomic E-state index is -1.00. The van der Waals surface area contributed by atoms with Crippen LogP contribution < -0.4 is 5.32 Å². The van der Waals surface area contributed by atoms with E-state index in [9.17, 15) is 9.59 Å². The monoisotopic (exact) mass is 309 g/mol. The molecule has 2 rings (SSSR count). The number of aliphatic carboxylic acids is 1. The van der Waals surface area contributed by atoms with E-state index in [4.69, 9.17) is 9.84 Å². The van der Waals surface area contributed by atoms with E-state index < -0.39 is 5.97 Å². The highest BCUT2D eigenvalue weighted by atomic mass is 32.1. The number of hydrogen-bond donors (Lipinski definition) is 2. The van der Waals surface area contributed by atoms with Crippen molar-refractivity contribution in [3.8, 4) is 0 Å². The molecule has 1 unspecified atom stereocenters. The first kappa shape index (κ1) is 15.7. The highest BCUT2D eigenvalue weighted by molar-refractivity contribution is 7.14. The van der Waals surface area contributed by atoms with Crippen molar-refractivity contribution in [2.45, 2.75) is 38.3 Å². The van der Waals surface area contributed by atoms with Crippen LogP contribution in [0.15, 0.2) is 18.2 Å². The van der Waals surface area contributed by atoms with Crippen LogP contribution in [0.5, 0.6) is 0 Å². The Kier molecular flexibility index (Phi) is 4.80. The lowest BCUT2D eigenvalue weighted by atomic mass is 9.94. The Balaban J connectivity index is 1.96. The zero-order valence-corrected chi connectivity index (χ0v) is 12.9. The summed E-state index contributed by atoms with van der Waals surface area (Å²) in [4.78, 5) is 24.0. The Bertz CT molecular complexity index is 562. The number of ether oxygens (including phenoxy) is 1. The molecule has 1 saturated heterocycles. The van der Waals surface area contributed by atoms with Crippen LogP contribution in [0.2, 0.25) is 0 Å². The van der Waals surface area contributed by atoms with Crippen molar-refractivity contribution in [3.63, 3.8) is 0 Å². The van der Waals surface area contributed by atoms with Crippen molar-refractivity contribution >= 4 is 29.3 Å². The lowest BCUT2D eigenvalue weighted by molar-refractivity contribution is -0.131.